The van der Waals surface area contributed by atoms with Crippen molar-refractivity contribution in [3.63, 3.8) is 0 Å². The van der Waals surface area contributed by atoms with Gasteiger partial charge < -0.3 is 0 Å². The van der Waals surface area contributed by atoms with E-state index in [0.717, 1.165) is 0 Å². The molecule has 0 aromatic heterocycles. The maximum atomic E-state index is 2.12. The van der Waals surface area contributed by atoms with Gasteiger partial charge in [-0.2, -0.15) is 9.90 Å². The van der Waals surface area contributed by atoms with Gasteiger partial charge in [0.1, 0.15) is 0 Å². The molecule has 0 bridgehead atoms. The summed E-state index contributed by atoms with van der Waals surface area (Å²) in [6, 6.07) is 20.8. The van der Waals surface area contributed by atoms with E-state index < -0.39 is 0 Å². The first-order valence-electron chi connectivity index (χ1n) is 4.07. The van der Waals surface area contributed by atoms with Crippen LogP contribution in [0.25, 0.3) is 11.1 Å². The second-order valence-corrected chi connectivity index (χ2v) is 2.73. The van der Waals surface area contributed by atoms with Crippen LogP contribution in [-0.4, -0.2) is 0 Å². The molecule has 2 aromatic rings. The van der Waals surface area contributed by atoms with Crippen molar-refractivity contribution in [2.24, 2.45) is 0 Å². The Bertz CT molecular complexity index is 308. The van der Waals surface area contributed by atoms with E-state index in [9.17, 15) is 0 Å². The molecule has 0 saturated carbocycles. The van der Waals surface area contributed by atoms with Crippen LogP contribution in [-0.2, 0) is 0 Å². The number of benzene rings is 2. The first kappa shape index (κ1) is 14.5. The van der Waals surface area contributed by atoms with Gasteiger partial charge in [-0.05, 0) is 11.1 Å². The molecule has 2 aromatic carbocycles. The van der Waals surface area contributed by atoms with Gasteiger partial charge >= 0.3 is 51.4 Å². The molecule has 0 heterocycles. The summed E-state index contributed by atoms with van der Waals surface area (Å²) in [7, 11) is 0. The summed E-state index contributed by atoms with van der Waals surface area (Å²) in [6.07, 6.45) is 0. The number of rotatable bonds is 1. The van der Waals surface area contributed by atoms with Gasteiger partial charge in [0.15, 0.2) is 0 Å². The Kier molecular flexibility index (Phi) is 8.03. The van der Waals surface area contributed by atoms with Crippen LogP contribution in [0.1, 0.15) is 0 Å². The minimum absolute atomic E-state index is 0. The third-order valence-corrected chi connectivity index (χ3v) is 1.88. The third kappa shape index (κ3) is 3.94. The zero-order valence-corrected chi connectivity index (χ0v) is 13.0. The van der Waals surface area contributed by atoms with E-state index in [1.165, 1.54) is 11.1 Å². The van der Waals surface area contributed by atoms with Gasteiger partial charge in [-0.15, -0.1) is 0 Å². The molecule has 0 aliphatic rings. The standard InChI is InChI=1S/C12H10.K.H3P/c1-3-7-11(8-4-1)12-9-5-2-6-10-12;;/h1-10H;;1H3/q;+1;. The second kappa shape index (κ2) is 7.75. The van der Waals surface area contributed by atoms with Gasteiger partial charge in [-0.3, -0.25) is 0 Å². The van der Waals surface area contributed by atoms with Crippen molar-refractivity contribution < 1.29 is 51.4 Å². The minimum Gasteiger partial charge on any atom is -0.153 e. The minimum atomic E-state index is 0. The quantitative estimate of drug-likeness (QED) is 0.489. The van der Waals surface area contributed by atoms with Crippen LogP contribution in [0.5, 0.6) is 0 Å². The molecule has 0 radical (unpaired) electrons. The first-order chi connectivity index (χ1) is 5.97. The van der Waals surface area contributed by atoms with E-state index in [4.69, 9.17) is 0 Å². The predicted octanol–water partition coefficient (Wildman–Crippen LogP) is 0.416. The van der Waals surface area contributed by atoms with Gasteiger partial charge in [0.25, 0.3) is 0 Å². The molecule has 1 unspecified atom stereocenters. The molecule has 0 aliphatic carbocycles. The molecule has 2 rings (SSSR count). The molecule has 14 heavy (non-hydrogen) atoms. The van der Waals surface area contributed by atoms with Crippen molar-refractivity contribution >= 4 is 9.90 Å². The molecule has 0 amide bonds. The number of hydrogen-bond acceptors (Lipinski definition) is 0. The number of hydrogen-bond donors (Lipinski definition) is 0. The van der Waals surface area contributed by atoms with Crippen molar-refractivity contribution in [1.82, 2.24) is 0 Å². The Hall–Kier alpha value is 0.506. The van der Waals surface area contributed by atoms with Gasteiger partial charge in [-0.1, -0.05) is 60.7 Å². The van der Waals surface area contributed by atoms with E-state index >= 15 is 0 Å². The Labute approximate surface area is 131 Å². The molecule has 0 N–H and O–H groups in total. The normalized spacial score (nSPS) is 8.29. The summed E-state index contributed by atoms with van der Waals surface area (Å²) in [5.74, 6) is 0. The van der Waals surface area contributed by atoms with Crippen LogP contribution < -0.4 is 51.4 Å². The Balaban J connectivity index is 0.000000845. The van der Waals surface area contributed by atoms with Gasteiger partial charge in [0.2, 0.25) is 0 Å². The Morgan fingerprint density at radius 1 is 0.500 bits per heavy atom. The fourth-order valence-corrected chi connectivity index (χ4v) is 1.26. The van der Waals surface area contributed by atoms with Crippen molar-refractivity contribution in [1.29, 1.82) is 0 Å². The van der Waals surface area contributed by atoms with Crippen molar-refractivity contribution in [2.45, 2.75) is 0 Å². The molecule has 2 heteroatoms. The van der Waals surface area contributed by atoms with E-state index in [1.54, 1.807) is 0 Å². The maximum Gasteiger partial charge on any atom is 1.00 e. The summed E-state index contributed by atoms with van der Waals surface area (Å²) in [4.78, 5) is 0. The van der Waals surface area contributed by atoms with Gasteiger partial charge in [-0.25, -0.2) is 0 Å². The molecule has 0 saturated heterocycles. The molecular weight excluding hydrogens is 214 g/mol. The van der Waals surface area contributed by atoms with Crippen LogP contribution in [0.2, 0.25) is 0 Å². The summed E-state index contributed by atoms with van der Waals surface area (Å²) in [5.41, 5.74) is 2.55. The smallest absolute Gasteiger partial charge is 0.153 e. The monoisotopic (exact) mass is 227 g/mol. The van der Waals surface area contributed by atoms with Crippen molar-refractivity contribution in [3.05, 3.63) is 60.7 Å². The Morgan fingerprint density at radius 2 is 0.786 bits per heavy atom. The van der Waals surface area contributed by atoms with Gasteiger partial charge in [0, 0.05) is 0 Å². The van der Waals surface area contributed by atoms with Crippen molar-refractivity contribution in [2.75, 3.05) is 0 Å². The van der Waals surface area contributed by atoms with Crippen LogP contribution in [0.15, 0.2) is 60.7 Å². The average Bonchev–Trinajstić information content (AvgIpc) is 2.21. The molecule has 1 atom stereocenters. The van der Waals surface area contributed by atoms with Crippen LogP contribution in [0, 0.1) is 0 Å². The average molecular weight is 227 g/mol. The van der Waals surface area contributed by atoms with Gasteiger partial charge in [0.05, 0.1) is 0 Å². The second-order valence-electron chi connectivity index (χ2n) is 2.73. The van der Waals surface area contributed by atoms with Crippen LogP contribution >= 0.6 is 9.90 Å². The zero-order chi connectivity index (χ0) is 8.23. The largest absolute Gasteiger partial charge is 1.00 e. The van der Waals surface area contributed by atoms with E-state index in [-0.39, 0.29) is 61.3 Å². The zero-order valence-electron chi connectivity index (χ0n) is 8.48. The molecule has 0 spiro atoms. The molecule has 0 fully saturated rings. The first-order valence-corrected chi connectivity index (χ1v) is 4.07. The maximum absolute atomic E-state index is 2.12. The van der Waals surface area contributed by atoms with E-state index in [2.05, 4.69) is 48.5 Å². The van der Waals surface area contributed by atoms with E-state index in [1.807, 2.05) is 12.1 Å². The third-order valence-electron chi connectivity index (χ3n) is 1.88. The Morgan fingerprint density at radius 3 is 1.07 bits per heavy atom. The molecular formula is C12H13KP+. The summed E-state index contributed by atoms with van der Waals surface area (Å²) < 4.78 is 0. The summed E-state index contributed by atoms with van der Waals surface area (Å²) in [5, 5.41) is 0. The van der Waals surface area contributed by atoms with Crippen LogP contribution in [0.3, 0.4) is 0 Å². The molecule has 66 valence electrons. The fraction of sp³-hybridized carbons (Fsp3) is 0. The SMILES string of the molecule is P.[K+].c1ccc(-c2ccccc2)cc1. The summed E-state index contributed by atoms with van der Waals surface area (Å²) >= 11 is 0. The molecule has 0 nitrogen and oxygen atoms in total. The van der Waals surface area contributed by atoms with Crippen molar-refractivity contribution in [3.8, 4) is 11.1 Å². The fourth-order valence-electron chi connectivity index (χ4n) is 1.26. The van der Waals surface area contributed by atoms with Crippen LogP contribution in [0.4, 0.5) is 0 Å². The predicted molar refractivity (Wildman–Crippen MR) is 63.0 cm³/mol. The van der Waals surface area contributed by atoms with E-state index in [0.29, 0.717) is 0 Å². The topological polar surface area (TPSA) is 0 Å². The summed E-state index contributed by atoms with van der Waals surface area (Å²) in [6.45, 7) is 0. The molecule has 0 aliphatic heterocycles.